The van der Waals surface area contributed by atoms with Crippen LogP contribution in [0.3, 0.4) is 0 Å². The smallest absolute Gasteiger partial charge is 0.270 e. The van der Waals surface area contributed by atoms with E-state index in [1.165, 1.54) is 5.56 Å². The minimum absolute atomic E-state index is 0.132. The first-order valence-electron chi connectivity index (χ1n) is 13.6. The summed E-state index contributed by atoms with van der Waals surface area (Å²) in [5, 5.41) is 3.11. The zero-order chi connectivity index (χ0) is 26.6. The molecule has 0 atom stereocenters. The van der Waals surface area contributed by atoms with Crippen LogP contribution in [0.2, 0.25) is 0 Å². The Balaban J connectivity index is 1.67. The Morgan fingerprint density at radius 2 is 1.76 bits per heavy atom. The van der Waals surface area contributed by atoms with Crippen molar-refractivity contribution >= 4 is 28.9 Å². The molecule has 198 valence electrons. The van der Waals surface area contributed by atoms with Gasteiger partial charge < -0.3 is 20.1 Å². The molecule has 2 saturated heterocycles. The van der Waals surface area contributed by atoms with Crippen molar-refractivity contribution in [3.8, 4) is 0 Å². The second kappa shape index (κ2) is 11.4. The van der Waals surface area contributed by atoms with E-state index in [0.29, 0.717) is 17.3 Å². The highest BCUT2D eigenvalue weighted by atomic mass is 16.2. The molecule has 2 amide bonds. The fraction of sp³-hybridized carbons (Fsp3) is 0.552. The number of piperidine rings is 1. The molecular formula is C29H40N6O2. The van der Waals surface area contributed by atoms with E-state index in [1.807, 2.05) is 11.0 Å². The maximum absolute atomic E-state index is 13.1. The van der Waals surface area contributed by atoms with Gasteiger partial charge in [0.15, 0.2) is 0 Å². The molecule has 0 unspecified atom stereocenters. The number of carbonyl (C=O) groups excluding carboxylic acids is 2. The third kappa shape index (κ3) is 5.52. The fourth-order valence-corrected chi connectivity index (χ4v) is 5.94. The second-order valence-corrected chi connectivity index (χ2v) is 10.5. The Labute approximate surface area is 220 Å². The number of aromatic amines is 1. The summed E-state index contributed by atoms with van der Waals surface area (Å²) in [7, 11) is 0. The lowest BCUT2D eigenvalue weighted by molar-refractivity contribution is -0.131. The van der Waals surface area contributed by atoms with Crippen LogP contribution >= 0.6 is 0 Å². The average Bonchev–Trinajstić information content (AvgIpc) is 3.41. The van der Waals surface area contributed by atoms with Gasteiger partial charge in [0.1, 0.15) is 0 Å². The SMILES string of the molecule is [C-]#[N+]c1c[nH]c(C(=O)Nc2ccc(C(CC)(CC)N3CCN(C(C)=O)CC3)cc2N2CCC(C)CC2)c1. The monoisotopic (exact) mass is 504 g/mol. The maximum Gasteiger partial charge on any atom is 0.270 e. The Kier molecular flexibility index (Phi) is 8.23. The molecular weight excluding hydrogens is 464 g/mol. The summed E-state index contributed by atoms with van der Waals surface area (Å²) in [6.45, 7) is 20.8. The van der Waals surface area contributed by atoms with Crippen molar-refractivity contribution in [3.05, 3.63) is 53.1 Å². The van der Waals surface area contributed by atoms with Gasteiger partial charge in [-0.15, -0.1) is 0 Å². The Hall–Kier alpha value is -3.31. The third-order valence-electron chi connectivity index (χ3n) is 8.45. The summed E-state index contributed by atoms with van der Waals surface area (Å²) < 4.78 is 0. The molecule has 2 aromatic rings. The van der Waals surface area contributed by atoms with E-state index in [0.717, 1.165) is 76.3 Å². The number of carbonyl (C=O) groups is 2. The molecule has 1 aromatic heterocycles. The third-order valence-corrected chi connectivity index (χ3v) is 8.45. The van der Waals surface area contributed by atoms with Crippen LogP contribution < -0.4 is 10.2 Å². The van der Waals surface area contributed by atoms with E-state index < -0.39 is 0 Å². The van der Waals surface area contributed by atoms with Crippen molar-refractivity contribution in [2.45, 2.75) is 58.9 Å². The number of hydrogen-bond acceptors (Lipinski definition) is 4. The number of aromatic nitrogens is 1. The number of amides is 2. The molecule has 3 heterocycles. The van der Waals surface area contributed by atoms with Crippen LogP contribution in [0.1, 0.15) is 69.4 Å². The first kappa shape index (κ1) is 26.7. The molecule has 2 fully saturated rings. The van der Waals surface area contributed by atoms with Crippen LogP contribution in [0, 0.1) is 12.5 Å². The summed E-state index contributed by atoms with van der Waals surface area (Å²) in [6, 6.07) is 8.08. The van der Waals surface area contributed by atoms with Gasteiger partial charge in [0.25, 0.3) is 5.91 Å². The van der Waals surface area contributed by atoms with Gasteiger partial charge in [-0.2, -0.15) is 0 Å². The Morgan fingerprint density at radius 3 is 2.32 bits per heavy atom. The zero-order valence-electron chi connectivity index (χ0n) is 22.6. The van der Waals surface area contributed by atoms with Crippen molar-refractivity contribution in [1.29, 1.82) is 0 Å². The van der Waals surface area contributed by atoms with Crippen LogP contribution in [0.15, 0.2) is 30.5 Å². The highest BCUT2D eigenvalue weighted by Gasteiger charge is 2.38. The number of anilines is 2. The van der Waals surface area contributed by atoms with Crippen LogP contribution in [-0.4, -0.2) is 65.9 Å². The zero-order valence-corrected chi connectivity index (χ0v) is 22.6. The molecule has 2 N–H and O–H groups in total. The second-order valence-electron chi connectivity index (χ2n) is 10.5. The lowest BCUT2D eigenvalue weighted by atomic mass is 9.81. The van der Waals surface area contributed by atoms with Crippen molar-refractivity contribution < 1.29 is 9.59 Å². The molecule has 0 bridgehead atoms. The van der Waals surface area contributed by atoms with Crippen molar-refractivity contribution in [1.82, 2.24) is 14.8 Å². The van der Waals surface area contributed by atoms with E-state index in [9.17, 15) is 9.59 Å². The van der Waals surface area contributed by atoms with Gasteiger partial charge in [-0.1, -0.05) is 26.8 Å². The standard InChI is InChI=1S/C29H40N6O2/c1-6-29(7-2,35-16-14-33(15-17-35)22(4)36)23-8-9-25(27(18-23)34-12-10-21(3)11-13-34)32-28(37)26-19-24(30-5)20-31-26/h8-9,18-21,31H,6-7,10-17H2,1-4H3,(H,32,37). The Morgan fingerprint density at radius 1 is 1.08 bits per heavy atom. The van der Waals surface area contributed by atoms with Crippen LogP contribution in [0.4, 0.5) is 17.1 Å². The van der Waals surface area contributed by atoms with E-state index in [1.54, 1.807) is 19.2 Å². The van der Waals surface area contributed by atoms with Gasteiger partial charge in [-0.3, -0.25) is 14.5 Å². The molecule has 0 radical (unpaired) electrons. The first-order chi connectivity index (χ1) is 17.8. The van der Waals surface area contributed by atoms with E-state index in [2.05, 4.69) is 57.8 Å². The van der Waals surface area contributed by atoms with E-state index in [4.69, 9.17) is 6.57 Å². The number of piperazine rings is 1. The van der Waals surface area contributed by atoms with Gasteiger partial charge in [0.05, 0.1) is 23.6 Å². The summed E-state index contributed by atoms with van der Waals surface area (Å²) in [6.07, 6.45) is 5.74. The van der Waals surface area contributed by atoms with Crippen LogP contribution in [-0.2, 0) is 10.3 Å². The van der Waals surface area contributed by atoms with Gasteiger partial charge in [0, 0.05) is 57.9 Å². The molecule has 0 aliphatic carbocycles. The highest BCUT2D eigenvalue weighted by molar-refractivity contribution is 6.05. The normalized spacial score (nSPS) is 17.5. The first-order valence-corrected chi connectivity index (χ1v) is 13.6. The Bertz CT molecular complexity index is 1150. The van der Waals surface area contributed by atoms with Gasteiger partial charge in [-0.05, 0) is 55.4 Å². The molecule has 37 heavy (non-hydrogen) atoms. The van der Waals surface area contributed by atoms with Gasteiger partial charge in [0.2, 0.25) is 11.6 Å². The van der Waals surface area contributed by atoms with E-state index in [-0.39, 0.29) is 17.4 Å². The lowest BCUT2D eigenvalue weighted by Gasteiger charge is -2.48. The minimum Gasteiger partial charge on any atom is -0.370 e. The van der Waals surface area contributed by atoms with Crippen LogP contribution in [0.25, 0.3) is 4.85 Å². The number of nitrogens with zero attached hydrogens (tertiary/aromatic N) is 4. The average molecular weight is 505 g/mol. The number of H-pyrrole nitrogens is 1. The number of rotatable bonds is 7. The summed E-state index contributed by atoms with van der Waals surface area (Å²) in [4.78, 5) is 38.2. The molecule has 4 rings (SSSR count). The fourth-order valence-electron chi connectivity index (χ4n) is 5.94. The number of hydrogen-bond donors (Lipinski definition) is 2. The van der Waals surface area contributed by atoms with Gasteiger partial charge >= 0.3 is 0 Å². The van der Waals surface area contributed by atoms with Gasteiger partial charge in [-0.25, -0.2) is 4.85 Å². The molecule has 8 heteroatoms. The van der Waals surface area contributed by atoms with E-state index >= 15 is 0 Å². The number of nitrogens with one attached hydrogen (secondary N) is 2. The highest BCUT2D eigenvalue weighted by Crippen LogP contribution is 2.41. The minimum atomic E-state index is -0.244. The van der Waals surface area contributed by atoms with Crippen LogP contribution in [0.5, 0.6) is 0 Å². The van der Waals surface area contributed by atoms with Crippen molar-refractivity contribution in [2.75, 3.05) is 49.5 Å². The van der Waals surface area contributed by atoms with Crippen molar-refractivity contribution in [3.63, 3.8) is 0 Å². The molecule has 0 saturated carbocycles. The summed E-state index contributed by atoms with van der Waals surface area (Å²) in [5.74, 6) is 0.601. The molecule has 0 spiro atoms. The topological polar surface area (TPSA) is 76.0 Å². The summed E-state index contributed by atoms with van der Waals surface area (Å²) >= 11 is 0. The molecule has 8 nitrogen and oxygen atoms in total. The number of benzene rings is 1. The largest absolute Gasteiger partial charge is 0.370 e. The predicted molar refractivity (Wildman–Crippen MR) is 148 cm³/mol. The maximum atomic E-state index is 13.1. The predicted octanol–water partition coefficient (Wildman–Crippen LogP) is 5.23. The molecule has 1 aromatic carbocycles. The molecule has 2 aliphatic heterocycles. The lowest BCUT2D eigenvalue weighted by Crippen LogP contribution is -2.56. The summed E-state index contributed by atoms with van der Waals surface area (Å²) in [5.41, 5.74) is 3.79. The van der Waals surface area contributed by atoms with Crippen molar-refractivity contribution in [2.24, 2.45) is 5.92 Å². The quantitative estimate of drug-likeness (QED) is 0.506. The molecule has 2 aliphatic rings.